The van der Waals surface area contributed by atoms with Gasteiger partial charge in [-0.3, -0.25) is 19.2 Å². The number of aromatic nitrogens is 2. The van der Waals surface area contributed by atoms with E-state index in [0.717, 1.165) is 0 Å². The lowest BCUT2D eigenvalue weighted by molar-refractivity contribution is -0.142. The number of imidazole rings is 1. The van der Waals surface area contributed by atoms with Gasteiger partial charge in [-0.25, -0.2) is 9.78 Å². The van der Waals surface area contributed by atoms with Crippen LogP contribution in [0, 0.1) is 5.92 Å². The fourth-order valence-electron chi connectivity index (χ4n) is 2.82. The summed E-state index contributed by atoms with van der Waals surface area (Å²) in [5.41, 5.74) is 11.7. The Morgan fingerprint density at radius 2 is 1.76 bits per heavy atom. The van der Waals surface area contributed by atoms with E-state index >= 15 is 0 Å². The van der Waals surface area contributed by atoms with Crippen LogP contribution >= 0.6 is 12.6 Å². The molecule has 13 nitrogen and oxygen atoms in total. The fraction of sp³-hybridized carbons (Fsp3) is 0.579. The molecule has 14 heteroatoms. The van der Waals surface area contributed by atoms with Crippen LogP contribution in [0.1, 0.15) is 32.4 Å². The molecule has 0 fully saturated rings. The molecule has 0 aliphatic heterocycles. The Balaban J connectivity index is 2.94. The maximum atomic E-state index is 12.9. The molecule has 0 saturated carbocycles. The Morgan fingerprint density at radius 1 is 1.12 bits per heavy atom. The summed E-state index contributed by atoms with van der Waals surface area (Å²) in [6.07, 6.45) is 2.96. The average molecular weight is 486 g/mol. The van der Waals surface area contributed by atoms with Crippen molar-refractivity contribution in [2.24, 2.45) is 17.4 Å². The Morgan fingerprint density at radius 3 is 2.24 bits per heavy atom. The standard InChI is InChI=1S/C19H31N7O6S/c1-3-9(2)15(18(30)25-13(7-33)19(31)32)26-17(29)12(5-14(21)27)24-16(28)11(20)4-10-6-22-8-23-10/h6,8-9,11-13,15,33H,3-5,7,20H2,1-2H3,(H2,21,27)(H,22,23)(H,24,28)(H,25,30)(H,26,29)(H,31,32). The van der Waals surface area contributed by atoms with Crippen molar-refractivity contribution in [2.45, 2.75) is 57.3 Å². The van der Waals surface area contributed by atoms with Crippen LogP contribution in [-0.4, -0.2) is 74.6 Å². The number of carbonyl (C=O) groups is 5. The highest BCUT2D eigenvalue weighted by Gasteiger charge is 2.33. The number of aliphatic carboxylic acids is 1. The Bertz CT molecular complexity index is 835. The molecule has 0 radical (unpaired) electrons. The molecule has 1 heterocycles. The zero-order chi connectivity index (χ0) is 25.1. The summed E-state index contributed by atoms with van der Waals surface area (Å²) in [5, 5.41) is 16.3. The third kappa shape index (κ3) is 9.10. The lowest BCUT2D eigenvalue weighted by Crippen LogP contribution is -2.59. The first-order chi connectivity index (χ1) is 15.5. The van der Waals surface area contributed by atoms with Crippen LogP contribution in [0.25, 0.3) is 0 Å². The van der Waals surface area contributed by atoms with Gasteiger partial charge in [-0.2, -0.15) is 12.6 Å². The van der Waals surface area contributed by atoms with Crippen LogP contribution in [-0.2, 0) is 30.4 Å². The predicted octanol–water partition coefficient (Wildman–Crippen LogP) is -2.33. The van der Waals surface area contributed by atoms with Gasteiger partial charge in [0.2, 0.25) is 23.6 Å². The zero-order valence-corrected chi connectivity index (χ0v) is 19.3. The molecular formula is C19H31N7O6S. The summed E-state index contributed by atoms with van der Waals surface area (Å²) >= 11 is 3.90. The number of aromatic amines is 1. The van der Waals surface area contributed by atoms with Crippen molar-refractivity contribution in [1.82, 2.24) is 25.9 Å². The van der Waals surface area contributed by atoms with Gasteiger partial charge in [0, 0.05) is 24.1 Å². The minimum absolute atomic E-state index is 0.106. The van der Waals surface area contributed by atoms with Gasteiger partial charge in [-0.05, 0) is 5.92 Å². The first kappa shape index (κ1) is 27.9. The third-order valence-corrected chi connectivity index (χ3v) is 5.33. The van der Waals surface area contributed by atoms with Crippen molar-refractivity contribution in [3.63, 3.8) is 0 Å². The van der Waals surface area contributed by atoms with Crippen molar-refractivity contribution in [2.75, 3.05) is 5.75 Å². The average Bonchev–Trinajstić information content (AvgIpc) is 3.26. The Labute approximate surface area is 196 Å². The normalized spacial score (nSPS) is 15.4. The number of nitrogens with two attached hydrogens (primary N) is 2. The van der Waals surface area contributed by atoms with Crippen LogP contribution in [0.2, 0.25) is 0 Å². The number of carboxylic acids is 1. The zero-order valence-electron chi connectivity index (χ0n) is 18.4. The molecule has 0 bridgehead atoms. The van der Waals surface area contributed by atoms with Crippen molar-refractivity contribution >= 4 is 42.2 Å². The predicted molar refractivity (Wildman–Crippen MR) is 121 cm³/mol. The number of carboxylic acid groups (broad SMARTS) is 1. The highest BCUT2D eigenvalue weighted by Crippen LogP contribution is 2.10. The van der Waals surface area contributed by atoms with Gasteiger partial charge < -0.3 is 37.5 Å². The van der Waals surface area contributed by atoms with Crippen LogP contribution in [0.4, 0.5) is 0 Å². The lowest BCUT2D eigenvalue weighted by atomic mass is 9.97. The number of carbonyl (C=O) groups excluding carboxylic acids is 4. The Kier molecular flexibility index (Phi) is 11.4. The SMILES string of the molecule is CCC(C)C(NC(=O)C(CC(N)=O)NC(=O)C(N)Cc1cnc[nH]1)C(=O)NC(CS)C(=O)O. The van der Waals surface area contributed by atoms with Crippen LogP contribution < -0.4 is 27.4 Å². The first-order valence-corrected chi connectivity index (χ1v) is 10.9. The molecular weight excluding hydrogens is 454 g/mol. The summed E-state index contributed by atoms with van der Waals surface area (Å²) in [7, 11) is 0. The highest BCUT2D eigenvalue weighted by atomic mass is 32.1. The maximum Gasteiger partial charge on any atom is 0.327 e. The fourth-order valence-corrected chi connectivity index (χ4v) is 3.07. The van der Waals surface area contributed by atoms with Crippen LogP contribution in [0.15, 0.2) is 12.5 Å². The van der Waals surface area contributed by atoms with Gasteiger partial charge >= 0.3 is 5.97 Å². The number of nitrogens with one attached hydrogen (secondary N) is 4. The number of H-pyrrole nitrogens is 1. The number of hydrogen-bond donors (Lipinski definition) is 8. The largest absolute Gasteiger partial charge is 0.480 e. The molecule has 0 saturated heterocycles. The molecule has 1 aromatic heterocycles. The van der Waals surface area contributed by atoms with Gasteiger partial charge in [-0.15, -0.1) is 0 Å². The van der Waals surface area contributed by atoms with E-state index in [0.29, 0.717) is 12.1 Å². The third-order valence-electron chi connectivity index (χ3n) is 4.96. The molecule has 184 valence electrons. The number of hydrogen-bond acceptors (Lipinski definition) is 8. The maximum absolute atomic E-state index is 12.9. The van der Waals surface area contributed by atoms with Gasteiger partial charge in [0.05, 0.1) is 18.8 Å². The smallest absolute Gasteiger partial charge is 0.327 e. The molecule has 5 unspecified atom stereocenters. The molecule has 5 atom stereocenters. The summed E-state index contributed by atoms with van der Waals surface area (Å²) in [5.74, 6) is -4.97. The summed E-state index contributed by atoms with van der Waals surface area (Å²) < 4.78 is 0. The van der Waals surface area contributed by atoms with E-state index in [1.807, 2.05) is 0 Å². The molecule has 0 aliphatic rings. The van der Waals surface area contributed by atoms with Crippen LogP contribution in [0.5, 0.6) is 0 Å². The number of amides is 4. The molecule has 0 spiro atoms. The van der Waals surface area contributed by atoms with Crippen molar-refractivity contribution in [3.8, 4) is 0 Å². The summed E-state index contributed by atoms with van der Waals surface area (Å²) in [4.78, 5) is 67.4. The molecule has 9 N–H and O–H groups in total. The number of nitrogens with zero attached hydrogens (tertiary/aromatic N) is 1. The molecule has 33 heavy (non-hydrogen) atoms. The quantitative estimate of drug-likeness (QED) is 0.133. The van der Waals surface area contributed by atoms with Crippen LogP contribution in [0.3, 0.4) is 0 Å². The minimum atomic E-state index is -1.39. The van der Waals surface area contributed by atoms with E-state index in [9.17, 15) is 24.0 Å². The van der Waals surface area contributed by atoms with Crippen molar-refractivity contribution < 1.29 is 29.1 Å². The minimum Gasteiger partial charge on any atom is -0.480 e. The van der Waals surface area contributed by atoms with E-state index in [1.54, 1.807) is 13.8 Å². The van der Waals surface area contributed by atoms with E-state index in [-0.39, 0.29) is 12.2 Å². The Hall–Kier alpha value is -3.13. The van der Waals surface area contributed by atoms with E-state index in [2.05, 4.69) is 38.5 Å². The van der Waals surface area contributed by atoms with Gasteiger partial charge in [0.25, 0.3) is 0 Å². The molecule has 1 aromatic rings. The number of rotatable bonds is 14. The van der Waals surface area contributed by atoms with E-state index in [1.165, 1.54) is 12.5 Å². The summed E-state index contributed by atoms with van der Waals surface area (Å²) in [6.45, 7) is 3.46. The number of thiol groups is 1. The van der Waals surface area contributed by atoms with Crippen molar-refractivity contribution in [1.29, 1.82) is 0 Å². The second-order valence-corrected chi connectivity index (χ2v) is 7.94. The molecule has 1 rings (SSSR count). The number of primary amides is 1. The van der Waals surface area contributed by atoms with Gasteiger partial charge in [0.1, 0.15) is 18.1 Å². The second kappa shape index (κ2) is 13.4. The molecule has 0 aromatic carbocycles. The topological polar surface area (TPSA) is 222 Å². The van der Waals surface area contributed by atoms with Gasteiger partial charge in [-0.1, -0.05) is 20.3 Å². The second-order valence-electron chi connectivity index (χ2n) is 7.57. The highest BCUT2D eigenvalue weighted by molar-refractivity contribution is 7.80. The molecule has 4 amide bonds. The molecule has 0 aliphatic carbocycles. The van der Waals surface area contributed by atoms with Gasteiger partial charge in [0.15, 0.2) is 0 Å². The van der Waals surface area contributed by atoms with E-state index in [4.69, 9.17) is 16.6 Å². The first-order valence-electron chi connectivity index (χ1n) is 10.3. The lowest BCUT2D eigenvalue weighted by Gasteiger charge is -2.27. The van der Waals surface area contributed by atoms with Crippen molar-refractivity contribution in [3.05, 3.63) is 18.2 Å². The summed E-state index contributed by atoms with van der Waals surface area (Å²) in [6, 6.07) is -4.82. The monoisotopic (exact) mass is 485 g/mol. The van der Waals surface area contributed by atoms with E-state index < -0.39 is 66.1 Å².